The van der Waals surface area contributed by atoms with Gasteiger partial charge < -0.3 is 14.7 Å². The Labute approximate surface area is 163 Å². The van der Waals surface area contributed by atoms with Crippen molar-refractivity contribution in [2.75, 3.05) is 26.3 Å². The molecule has 6 nitrogen and oxygen atoms in total. The lowest BCUT2D eigenvalue weighted by molar-refractivity contribution is 0.152. The molecule has 0 saturated carbocycles. The number of nitrogens with zero attached hydrogens (tertiary/aromatic N) is 3. The predicted octanol–water partition coefficient (Wildman–Crippen LogP) is 2.81. The first kappa shape index (κ1) is 20.1. The van der Waals surface area contributed by atoms with Crippen molar-refractivity contribution < 1.29 is 19.1 Å². The molecule has 0 bridgehead atoms. The average Bonchev–Trinajstić information content (AvgIpc) is 3.17. The van der Waals surface area contributed by atoms with Gasteiger partial charge in [0.15, 0.2) is 5.82 Å². The second kappa shape index (κ2) is 9.54. The summed E-state index contributed by atoms with van der Waals surface area (Å²) in [6.45, 7) is 3.02. The molecule has 148 valence electrons. The van der Waals surface area contributed by atoms with Gasteiger partial charge in [-0.05, 0) is 24.1 Å². The number of aliphatic hydroxyl groups excluding tert-OH is 2. The zero-order valence-corrected chi connectivity index (χ0v) is 15.8. The van der Waals surface area contributed by atoms with E-state index in [2.05, 4.69) is 10.1 Å². The average molecular weight is 385 g/mol. The first-order valence-electron chi connectivity index (χ1n) is 9.23. The summed E-state index contributed by atoms with van der Waals surface area (Å²) in [6, 6.07) is 14.5. The van der Waals surface area contributed by atoms with Gasteiger partial charge in [0.05, 0.1) is 25.7 Å². The molecule has 3 aromatic rings. The minimum Gasteiger partial charge on any atom is -0.395 e. The molecule has 0 saturated heterocycles. The summed E-state index contributed by atoms with van der Waals surface area (Å²) in [7, 11) is 0. The highest BCUT2D eigenvalue weighted by atomic mass is 19.1. The number of hydrogen-bond donors (Lipinski definition) is 2. The molecule has 28 heavy (non-hydrogen) atoms. The van der Waals surface area contributed by atoms with Gasteiger partial charge in [0.2, 0.25) is 5.89 Å². The van der Waals surface area contributed by atoms with Crippen LogP contribution in [0.1, 0.15) is 30.1 Å². The van der Waals surface area contributed by atoms with Gasteiger partial charge >= 0.3 is 0 Å². The Balaban J connectivity index is 1.75. The van der Waals surface area contributed by atoms with Crippen LogP contribution in [0.3, 0.4) is 0 Å². The van der Waals surface area contributed by atoms with E-state index in [9.17, 15) is 4.39 Å². The highest BCUT2D eigenvalue weighted by Gasteiger charge is 2.19. The molecule has 2 aromatic carbocycles. The monoisotopic (exact) mass is 385 g/mol. The summed E-state index contributed by atoms with van der Waals surface area (Å²) < 4.78 is 20.0. The molecular weight excluding hydrogens is 361 g/mol. The summed E-state index contributed by atoms with van der Waals surface area (Å²) in [4.78, 5) is 6.22. The first-order valence-corrected chi connectivity index (χ1v) is 9.23. The van der Waals surface area contributed by atoms with Crippen LogP contribution in [0, 0.1) is 5.82 Å². The van der Waals surface area contributed by atoms with Crippen LogP contribution in [0.2, 0.25) is 0 Å². The second-order valence-electron chi connectivity index (χ2n) is 6.60. The fourth-order valence-corrected chi connectivity index (χ4v) is 3.06. The smallest absolute Gasteiger partial charge is 0.233 e. The van der Waals surface area contributed by atoms with Crippen LogP contribution < -0.4 is 0 Å². The molecule has 2 N–H and O–H groups in total. The van der Waals surface area contributed by atoms with E-state index in [4.69, 9.17) is 14.7 Å². The zero-order chi connectivity index (χ0) is 19.9. The lowest BCUT2D eigenvalue weighted by atomic mass is 9.97. The molecule has 3 rings (SSSR count). The quantitative estimate of drug-likeness (QED) is 0.589. The topological polar surface area (TPSA) is 82.6 Å². The van der Waals surface area contributed by atoms with Crippen molar-refractivity contribution in [1.29, 1.82) is 0 Å². The fourth-order valence-electron chi connectivity index (χ4n) is 3.06. The third-order valence-corrected chi connectivity index (χ3v) is 4.63. The summed E-state index contributed by atoms with van der Waals surface area (Å²) in [5, 5.41) is 22.2. The van der Waals surface area contributed by atoms with Crippen molar-refractivity contribution in [3.05, 3.63) is 71.6 Å². The maximum absolute atomic E-state index is 14.6. The molecular formula is C21H24FN3O3. The van der Waals surface area contributed by atoms with Crippen molar-refractivity contribution in [3.63, 3.8) is 0 Å². The lowest BCUT2D eigenvalue weighted by Crippen LogP contribution is -2.29. The van der Waals surface area contributed by atoms with Gasteiger partial charge in [0.25, 0.3) is 0 Å². The summed E-state index contributed by atoms with van der Waals surface area (Å²) in [5.74, 6) is 0.303. The highest BCUT2D eigenvalue weighted by molar-refractivity contribution is 5.64. The first-order chi connectivity index (χ1) is 13.6. The van der Waals surface area contributed by atoms with Crippen LogP contribution in [0.25, 0.3) is 11.1 Å². The van der Waals surface area contributed by atoms with Crippen LogP contribution in [0.4, 0.5) is 4.39 Å². The Morgan fingerprint density at radius 3 is 2.43 bits per heavy atom. The molecule has 0 aliphatic heterocycles. The normalized spacial score (nSPS) is 12.5. The number of rotatable bonds is 9. The van der Waals surface area contributed by atoms with Gasteiger partial charge in [0, 0.05) is 18.7 Å². The van der Waals surface area contributed by atoms with Crippen molar-refractivity contribution in [1.82, 2.24) is 15.0 Å². The molecule has 0 aliphatic carbocycles. The van der Waals surface area contributed by atoms with Gasteiger partial charge in [0.1, 0.15) is 5.82 Å². The Hall–Kier alpha value is -2.61. The molecule has 0 aliphatic rings. The third-order valence-electron chi connectivity index (χ3n) is 4.63. The molecule has 0 radical (unpaired) electrons. The van der Waals surface area contributed by atoms with E-state index >= 15 is 0 Å². The molecule has 0 fully saturated rings. The highest BCUT2D eigenvalue weighted by Crippen LogP contribution is 2.28. The number of halogens is 1. The Morgan fingerprint density at radius 1 is 1.07 bits per heavy atom. The van der Waals surface area contributed by atoms with E-state index < -0.39 is 0 Å². The summed E-state index contributed by atoms with van der Waals surface area (Å²) in [6.07, 6.45) is 0. The van der Waals surface area contributed by atoms with Crippen molar-refractivity contribution in [2.24, 2.45) is 0 Å². The largest absolute Gasteiger partial charge is 0.395 e. The van der Waals surface area contributed by atoms with Crippen LogP contribution in [-0.2, 0) is 6.54 Å². The predicted molar refractivity (Wildman–Crippen MR) is 103 cm³/mol. The number of benzene rings is 2. The molecule has 0 spiro atoms. The SMILES string of the molecule is CC(c1ccc(-c2ccccc2)c(F)c1)c1nc(CN(CCO)CCO)no1. The number of aliphatic hydroxyl groups is 2. The van der Waals surface area contributed by atoms with Crippen LogP contribution in [0.15, 0.2) is 53.1 Å². The molecule has 1 aromatic heterocycles. The summed E-state index contributed by atoms with van der Waals surface area (Å²) in [5.41, 5.74) is 2.12. The van der Waals surface area contributed by atoms with Gasteiger partial charge in [-0.2, -0.15) is 4.98 Å². The maximum Gasteiger partial charge on any atom is 0.233 e. The number of hydrogen-bond acceptors (Lipinski definition) is 6. The fraction of sp³-hybridized carbons (Fsp3) is 0.333. The van der Waals surface area contributed by atoms with E-state index in [1.165, 1.54) is 6.07 Å². The lowest BCUT2D eigenvalue weighted by Gasteiger charge is -2.17. The Kier molecular flexibility index (Phi) is 6.86. The van der Waals surface area contributed by atoms with Gasteiger partial charge in [-0.1, -0.05) is 47.6 Å². The van der Waals surface area contributed by atoms with E-state index in [-0.39, 0.29) is 24.9 Å². The van der Waals surface area contributed by atoms with E-state index in [0.717, 1.165) is 11.1 Å². The van der Waals surface area contributed by atoms with Crippen molar-refractivity contribution in [2.45, 2.75) is 19.4 Å². The van der Waals surface area contributed by atoms with E-state index in [1.54, 1.807) is 6.07 Å². The van der Waals surface area contributed by atoms with Gasteiger partial charge in [-0.15, -0.1) is 0 Å². The third kappa shape index (κ3) is 4.81. The van der Waals surface area contributed by atoms with Crippen LogP contribution in [0.5, 0.6) is 0 Å². The van der Waals surface area contributed by atoms with Gasteiger partial charge in [-0.25, -0.2) is 4.39 Å². The molecule has 7 heteroatoms. The molecule has 1 unspecified atom stereocenters. The molecule has 0 amide bonds. The standard InChI is InChI=1S/C21H24FN3O3/c1-15(21-23-20(24-28-21)14-25(9-11-26)10-12-27)17-7-8-18(19(22)13-17)16-5-3-2-4-6-16/h2-8,13,15,26-27H,9-12,14H2,1H3. The maximum atomic E-state index is 14.6. The minimum absolute atomic E-state index is 0.0197. The van der Waals surface area contributed by atoms with E-state index in [0.29, 0.717) is 36.9 Å². The van der Waals surface area contributed by atoms with E-state index in [1.807, 2.05) is 48.2 Å². The molecule has 1 atom stereocenters. The zero-order valence-electron chi connectivity index (χ0n) is 15.8. The van der Waals surface area contributed by atoms with Crippen LogP contribution >= 0.6 is 0 Å². The van der Waals surface area contributed by atoms with Crippen molar-refractivity contribution >= 4 is 0 Å². The Bertz CT molecular complexity index is 880. The van der Waals surface area contributed by atoms with Crippen molar-refractivity contribution in [3.8, 4) is 11.1 Å². The number of aromatic nitrogens is 2. The minimum atomic E-state index is -0.299. The second-order valence-corrected chi connectivity index (χ2v) is 6.60. The molecule has 1 heterocycles. The summed E-state index contributed by atoms with van der Waals surface area (Å²) >= 11 is 0. The van der Waals surface area contributed by atoms with Gasteiger partial charge in [-0.3, -0.25) is 4.90 Å². The Morgan fingerprint density at radius 2 is 1.79 bits per heavy atom. The van der Waals surface area contributed by atoms with Crippen LogP contribution in [-0.4, -0.2) is 51.6 Å².